The fourth-order valence-electron chi connectivity index (χ4n) is 5.07. The van der Waals surface area contributed by atoms with Gasteiger partial charge < -0.3 is 20.4 Å². The van der Waals surface area contributed by atoms with Crippen molar-refractivity contribution in [2.75, 3.05) is 56.6 Å². The largest absolute Gasteiger partial charge is 0.378 e. The molecule has 0 spiro atoms. The van der Waals surface area contributed by atoms with Gasteiger partial charge in [-0.3, -0.25) is 4.90 Å². The van der Waals surface area contributed by atoms with Gasteiger partial charge in [0.1, 0.15) is 5.82 Å². The Balaban J connectivity index is 1.40. The SMILES string of the molecule is CN(C)c1ccc(C(CNC(=O)NC2CCCCC2)N2CCN(c3ccc(F)cc3)CC2)cc1. The Bertz CT molecular complexity index is 904. The molecule has 1 saturated carbocycles. The minimum absolute atomic E-state index is 0.0632. The highest BCUT2D eigenvalue weighted by Crippen LogP contribution is 2.26. The van der Waals surface area contributed by atoms with Crippen LogP contribution in [0.1, 0.15) is 43.7 Å². The number of carbonyl (C=O) groups excluding carboxylic acids is 1. The third-order valence-corrected chi connectivity index (χ3v) is 7.14. The molecule has 2 amide bonds. The average Bonchev–Trinajstić information content (AvgIpc) is 2.86. The summed E-state index contributed by atoms with van der Waals surface area (Å²) in [5.74, 6) is -0.207. The number of hydrogen-bond acceptors (Lipinski definition) is 4. The first kappa shape index (κ1) is 24.3. The Kier molecular flexibility index (Phi) is 8.27. The van der Waals surface area contributed by atoms with E-state index < -0.39 is 0 Å². The van der Waals surface area contributed by atoms with Gasteiger partial charge in [0.15, 0.2) is 0 Å². The first-order valence-corrected chi connectivity index (χ1v) is 12.6. The van der Waals surface area contributed by atoms with Crippen molar-refractivity contribution in [2.24, 2.45) is 0 Å². The van der Waals surface area contributed by atoms with Crippen LogP contribution in [-0.2, 0) is 0 Å². The highest BCUT2D eigenvalue weighted by Gasteiger charge is 2.26. The van der Waals surface area contributed by atoms with Crippen molar-refractivity contribution in [2.45, 2.75) is 44.2 Å². The molecule has 0 radical (unpaired) electrons. The van der Waals surface area contributed by atoms with Crippen molar-refractivity contribution < 1.29 is 9.18 Å². The monoisotopic (exact) mass is 467 g/mol. The molecule has 0 aromatic heterocycles. The van der Waals surface area contributed by atoms with Gasteiger partial charge in [0.05, 0.1) is 6.04 Å². The van der Waals surface area contributed by atoms with E-state index in [-0.39, 0.29) is 17.9 Å². The molecule has 1 aliphatic carbocycles. The van der Waals surface area contributed by atoms with Gasteiger partial charge in [-0.2, -0.15) is 0 Å². The van der Waals surface area contributed by atoms with Gasteiger partial charge in [-0.25, -0.2) is 9.18 Å². The lowest BCUT2D eigenvalue weighted by Gasteiger charge is -2.40. The van der Waals surface area contributed by atoms with E-state index in [9.17, 15) is 9.18 Å². The summed E-state index contributed by atoms with van der Waals surface area (Å²) in [6, 6.07) is 15.7. The predicted molar refractivity (Wildman–Crippen MR) is 137 cm³/mol. The molecule has 2 aromatic rings. The molecule has 6 nitrogen and oxygen atoms in total. The summed E-state index contributed by atoms with van der Waals surface area (Å²) < 4.78 is 13.3. The second-order valence-corrected chi connectivity index (χ2v) is 9.69. The molecule has 0 bridgehead atoms. The van der Waals surface area contributed by atoms with Crippen LogP contribution < -0.4 is 20.4 Å². The van der Waals surface area contributed by atoms with Gasteiger partial charge in [-0.05, 0) is 54.8 Å². The van der Waals surface area contributed by atoms with Crippen molar-refractivity contribution in [1.82, 2.24) is 15.5 Å². The highest BCUT2D eigenvalue weighted by molar-refractivity contribution is 5.74. The third kappa shape index (κ3) is 6.41. The number of nitrogens with one attached hydrogen (secondary N) is 2. The molecule has 1 heterocycles. The normalized spacial score (nSPS) is 18.4. The fraction of sp³-hybridized carbons (Fsp3) is 0.519. The number of amides is 2. The van der Waals surface area contributed by atoms with Crippen molar-refractivity contribution in [1.29, 1.82) is 0 Å². The Morgan fingerprint density at radius 1 is 0.971 bits per heavy atom. The van der Waals surface area contributed by atoms with Crippen LogP contribution in [0.15, 0.2) is 48.5 Å². The lowest BCUT2D eigenvalue weighted by molar-refractivity contribution is 0.179. The Morgan fingerprint density at radius 2 is 1.62 bits per heavy atom. The molecule has 1 aliphatic heterocycles. The van der Waals surface area contributed by atoms with E-state index in [1.54, 1.807) is 0 Å². The summed E-state index contributed by atoms with van der Waals surface area (Å²) in [5, 5.41) is 6.33. The summed E-state index contributed by atoms with van der Waals surface area (Å²) in [6.45, 7) is 4.06. The molecule has 34 heavy (non-hydrogen) atoms. The van der Waals surface area contributed by atoms with Crippen LogP contribution in [0.3, 0.4) is 0 Å². The molecule has 2 N–H and O–H groups in total. The number of carbonyl (C=O) groups is 1. The molecule has 7 heteroatoms. The van der Waals surface area contributed by atoms with Gasteiger partial charge in [0, 0.05) is 64.2 Å². The topological polar surface area (TPSA) is 50.9 Å². The number of benzene rings is 2. The van der Waals surface area contributed by atoms with Crippen LogP contribution in [0.25, 0.3) is 0 Å². The summed E-state index contributed by atoms with van der Waals surface area (Å²) in [5.41, 5.74) is 3.42. The molecule has 184 valence electrons. The first-order valence-electron chi connectivity index (χ1n) is 12.6. The van der Waals surface area contributed by atoms with Crippen LogP contribution in [0, 0.1) is 5.82 Å². The van der Waals surface area contributed by atoms with Crippen LogP contribution in [0.5, 0.6) is 0 Å². The molecular formula is C27H38FN5O. The van der Waals surface area contributed by atoms with Crippen molar-refractivity contribution in [3.8, 4) is 0 Å². The van der Waals surface area contributed by atoms with Gasteiger partial charge >= 0.3 is 6.03 Å². The van der Waals surface area contributed by atoms with E-state index in [0.717, 1.165) is 50.4 Å². The quantitative estimate of drug-likeness (QED) is 0.634. The summed E-state index contributed by atoms with van der Waals surface area (Å²) in [4.78, 5) is 19.5. The minimum atomic E-state index is -0.207. The first-order chi connectivity index (χ1) is 16.5. The summed E-state index contributed by atoms with van der Waals surface area (Å²) >= 11 is 0. The zero-order valence-corrected chi connectivity index (χ0v) is 20.5. The maximum atomic E-state index is 13.3. The Hall–Kier alpha value is -2.80. The standard InChI is InChI=1S/C27H38FN5O/c1-31(2)24-12-8-21(9-13-24)26(20-29-27(34)30-23-6-4-3-5-7-23)33-18-16-32(17-19-33)25-14-10-22(28)11-15-25/h8-15,23,26H,3-7,16-20H2,1-2H3,(H2,29,30,34). The van der Waals surface area contributed by atoms with E-state index in [2.05, 4.69) is 49.6 Å². The Labute approximate surface area is 203 Å². The number of rotatable bonds is 7. The van der Waals surface area contributed by atoms with Crippen LogP contribution in [0.2, 0.25) is 0 Å². The number of halogens is 1. The van der Waals surface area contributed by atoms with E-state index in [1.165, 1.54) is 37.0 Å². The van der Waals surface area contributed by atoms with Crippen LogP contribution in [-0.4, -0.2) is 63.8 Å². The second kappa shape index (κ2) is 11.6. The number of anilines is 2. The molecular weight excluding hydrogens is 429 g/mol. The molecule has 2 fully saturated rings. The maximum absolute atomic E-state index is 13.3. The lowest BCUT2D eigenvalue weighted by Crippen LogP contribution is -2.51. The van der Waals surface area contributed by atoms with E-state index in [4.69, 9.17) is 0 Å². The number of hydrogen-bond donors (Lipinski definition) is 2. The molecule has 1 saturated heterocycles. The molecule has 1 unspecified atom stereocenters. The van der Waals surface area contributed by atoms with Crippen molar-refractivity contribution in [3.63, 3.8) is 0 Å². The number of nitrogens with zero attached hydrogens (tertiary/aromatic N) is 3. The van der Waals surface area contributed by atoms with Gasteiger partial charge in [0.25, 0.3) is 0 Å². The molecule has 4 rings (SSSR count). The highest BCUT2D eigenvalue weighted by atomic mass is 19.1. The lowest BCUT2D eigenvalue weighted by atomic mass is 9.96. The zero-order valence-electron chi connectivity index (χ0n) is 20.5. The van der Waals surface area contributed by atoms with Crippen LogP contribution in [0.4, 0.5) is 20.6 Å². The number of piperazine rings is 1. The summed E-state index contributed by atoms with van der Waals surface area (Å²) in [6.07, 6.45) is 5.82. The zero-order chi connectivity index (χ0) is 23.9. The van der Waals surface area contributed by atoms with Crippen molar-refractivity contribution >= 4 is 17.4 Å². The smallest absolute Gasteiger partial charge is 0.315 e. The average molecular weight is 468 g/mol. The van der Waals surface area contributed by atoms with Crippen LogP contribution >= 0.6 is 0 Å². The summed E-state index contributed by atoms with van der Waals surface area (Å²) in [7, 11) is 4.08. The van der Waals surface area contributed by atoms with Gasteiger partial charge in [0.2, 0.25) is 0 Å². The van der Waals surface area contributed by atoms with Crippen molar-refractivity contribution in [3.05, 3.63) is 59.9 Å². The fourth-order valence-corrected chi connectivity index (χ4v) is 5.07. The predicted octanol–water partition coefficient (Wildman–Crippen LogP) is 4.39. The van der Waals surface area contributed by atoms with Gasteiger partial charge in [-0.1, -0.05) is 31.4 Å². The molecule has 1 atom stereocenters. The molecule has 2 aromatic carbocycles. The maximum Gasteiger partial charge on any atom is 0.315 e. The number of urea groups is 1. The third-order valence-electron chi connectivity index (χ3n) is 7.14. The van der Waals surface area contributed by atoms with E-state index >= 15 is 0 Å². The second-order valence-electron chi connectivity index (χ2n) is 9.69. The van der Waals surface area contributed by atoms with E-state index in [1.807, 2.05) is 26.2 Å². The van der Waals surface area contributed by atoms with E-state index in [0.29, 0.717) is 12.6 Å². The minimum Gasteiger partial charge on any atom is -0.378 e. The molecule has 2 aliphatic rings. The van der Waals surface area contributed by atoms with Gasteiger partial charge in [-0.15, -0.1) is 0 Å². The Morgan fingerprint density at radius 3 is 2.24 bits per heavy atom.